The van der Waals surface area contributed by atoms with Gasteiger partial charge in [-0.15, -0.1) is 0 Å². The SMILES string of the molecule is OC1(c2c(-c3ccccc3)[nH]c3ccccc23)CCCCC1. The molecule has 0 unspecified atom stereocenters. The third kappa shape index (κ3) is 2.15. The molecule has 0 atom stereocenters. The molecule has 1 aliphatic rings. The van der Waals surface area contributed by atoms with Crippen LogP contribution in [0.25, 0.3) is 22.2 Å². The zero-order valence-corrected chi connectivity index (χ0v) is 12.7. The summed E-state index contributed by atoms with van der Waals surface area (Å²) < 4.78 is 0. The summed E-state index contributed by atoms with van der Waals surface area (Å²) in [5.41, 5.74) is 3.71. The van der Waals surface area contributed by atoms with Gasteiger partial charge in [0.1, 0.15) is 0 Å². The van der Waals surface area contributed by atoms with Crippen molar-refractivity contribution in [2.45, 2.75) is 37.7 Å². The van der Waals surface area contributed by atoms with Crippen LogP contribution in [0.2, 0.25) is 0 Å². The van der Waals surface area contributed by atoms with Crippen LogP contribution in [0.4, 0.5) is 0 Å². The summed E-state index contributed by atoms with van der Waals surface area (Å²) in [5.74, 6) is 0. The number of nitrogens with one attached hydrogen (secondary N) is 1. The number of aromatic nitrogens is 1. The summed E-state index contributed by atoms with van der Waals surface area (Å²) in [6.07, 6.45) is 5.14. The molecular weight excluding hydrogens is 270 g/mol. The van der Waals surface area contributed by atoms with E-state index in [4.69, 9.17) is 0 Å². The van der Waals surface area contributed by atoms with Gasteiger partial charge in [-0.25, -0.2) is 0 Å². The number of para-hydroxylation sites is 1. The quantitative estimate of drug-likeness (QED) is 0.686. The standard InChI is InChI=1S/C20H21NO/c22-20(13-7-2-8-14-20)18-16-11-5-6-12-17(16)21-19(18)15-9-3-1-4-10-15/h1,3-6,9-12,21-22H,2,7-8,13-14H2. The van der Waals surface area contributed by atoms with Gasteiger partial charge >= 0.3 is 0 Å². The van der Waals surface area contributed by atoms with Crippen molar-refractivity contribution >= 4 is 10.9 Å². The molecular formula is C20H21NO. The highest BCUT2D eigenvalue weighted by atomic mass is 16.3. The van der Waals surface area contributed by atoms with Crippen LogP contribution in [-0.2, 0) is 5.60 Å². The summed E-state index contributed by atoms with van der Waals surface area (Å²) >= 11 is 0. The van der Waals surface area contributed by atoms with Gasteiger partial charge in [0.05, 0.1) is 11.3 Å². The molecule has 1 saturated carbocycles. The number of hydrogen-bond donors (Lipinski definition) is 2. The van der Waals surface area contributed by atoms with Crippen LogP contribution in [0.1, 0.15) is 37.7 Å². The molecule has 0 bridgehead atoms. The normalized spacial score (nSPS) is 17.7. The number of aliphatic hydroxyl groups is 1. The first kappa shape index (κ1) is 13.6. The van der Waals surface area contributed by atoms with E-state index < -0.39 is 5.60 Å². The van der Waals surface area contributed by atoms with Crippen LogP contribution in [0.3, 0.4) is 0 Å². The second-order valence-electron chi connectivity index (χ2n) is 6.38. The molecule has 2 nitrogen and oxygen atoms in total. The maximum Gasteiger partial charge on any atom is 0.0923 e. The number of benzene rings is 2. The van der Waals surface area contributed by atoms with Gasteiger partial charge in [0.25, 0.3) is 0 Å². The van der Waals surface area contributed by atoms with Crippen molar-refractivity contribution in [3.63, 3.8) is 0 Å². The van der Waals surface area contributed by atoms with Crippen LogP contribution in [-0.4, -0.2) is 10.1 Å². The molecule has 0 radical (unpaired) electrons. The Hall–Kier alpha value is -2.06. The third-order valence-electron chi connectivity index (χ3n) is 4.91. The third-order valence-corrected chi connectivity index (χ3v) is 4.91. The van der Waals surface area contributed by atoms with Gasteiger partial charge in [-0.1, -0.05) is 67.8 Å². The Labute approximate surface area is 130 Å². The summed E-state index contributed by atoms with van der Waals surface area (Å²) in [5, 5.41) is 12.5. The highest BCUT2D eigenvalue weighted by Crippen LogP contribution is 2.44. The monoisotopic (exact) mass is 291 g/mol. The van der Waals surface area contributed by atoms with Crippen molar-refractivity contribution in [2.75, 3.05) is 0 Å². The molecule has 1 aliphatic carbocycles. The predicted molar refractivity (Wildman–Crippen MR) is 90.7 cm³/mol. The summed E-state index contributed by atoms with van der Waals surface area (Å²) in [4.78, 5) is 3.54. The van der Waals surface area contributed by atoms with Gasteiger partial charge in [-0.3, -0.25) is 0 Å². The van der Waals surface area contributed by atoms with Crippen LogP contribution in [0.5, 0.6) is 0 Å². The van der Waals surface area contributed by atoms with Crippen LogP contribution in [0, 0.1) is 0 Å². The lowest BCUT2D eigenvalue weighted by atomic mass is 9.78. The number of hydrogen-bond acceptors (Lipinski definition) is 1. The lowest BCUT2D eigenvalue weighted by Gasteiger charge is -2.33. The summed E-state index contributed by atoms with van der Waals surface area (Å²) in [7, 11) is 0. The average Bonchev–Trinajstić information content (AvgIpc) is 2.97. The van der Waals surface area contributed by atoms with E-state index in [1.165, 1.54) is 6.42 Å². The second kappa shape index (κ2) is 5.29. The topological polar surface area (TPSA) is 36.0 Å². The van der Waals surface area contributed by atoms with Crippen molar-refractivity contribution in [3.05, 3.63) is 60.2 Å². The maximum absolute atomic E-state index is 11.4. The molecule has 22 heavy (non-hydrogen) atoms. The number of rotatable bonds is 2. The molecule has 1 aromatic heterocycles. The number of H-pyrrole nitrogens is 1. The van der Waals surface area contributed by atoms with E-state index in [1.54, 1.807) is 0 Å². The van der Waals surface area contributed by atoms with Crippen molar-refractivity contribution < 1.29 is 5.11 Å². The Balaban J connectivity index is 1.98. The molecule has 4 rings (SSSR count). The molecule has 2 N–H and O–H groups in total. The maximum atomic E-state index is 11.4. The highest BCUT2D eigenvalue weighted by Gasteiger charge is 2.36. The lowest BCUT2D eigenvalue weighted by Crippen LogP contribution is -2.28. The van der Waals surface area contributed by atoms with E-state index in [-0.39, 0.29) is 0 Å². The van der Waals surface area contributed by atoms with Gasteiger partial charge in [-0.2, -0.15) is 0 Å². The zero-order chi connectivity index (χ0) is 15.0. The summed E-state index contributed by atoms with van der Waals surface area (Å²) in [6.45, 7) is 0. The molecule has 0 spiro atoms. The zero-order valence-electron chi connectivity index (χ0n) is 12.7. The predicted octanol–water partition coefficient (Wildman–Crippen LogP) is 4.99. The van der Waals surface area contributed by atoms with Crippen molar-refractivity contribution in [1.29, 1.82) is 0 Å². The fourth-order valence-corrected chi connectivity index (χ4v) is 3.83. The first-order chi connectivity index (χ1) is 10.8. The first-order valence-corrected chi connectivity index (χ1v) is 8.17. The van der Waals surface area contributed by atoms with Crippen molar-refractivity contribution in [3.8, 4) is 11.3 Å². The molecule has 0 amide bonds. The molecule has 1 heterocycles. The fraction of sp³-hybridized carbons (Fsp3) is 0.300. The van der Waals surface area contributed by atoms with Gasteiger partial charge in [0.15, 0.2) is 0 Å². The molecule has 0 saturated heterocycles. The number of aromatic amines is 1. The minimum absolute atomic E-state index is 0.705. The Bertz CT molecular complexity index is 782. The van der Waals surface area contributed by atoms with Gasteiger partial charge in [0, 0.05) is 16.5 Å². The van der Waals surface area contributed by atoms with E-state index in [0.29, 0.717) is 0 Å². The highest BCUT2D eigenvalue weighted by molar-refractivity contribution is 5.91. The van der Waals surface area contributed by atoms with E-state index in [0.717, 1.165) is 53.4 Å². The Kier molecular flexibility index (Phi) is 3.27. The Morgan fingerprint density at radius 3 is 2.27 bits per heavy atom. The molecule has 0 aliphatic heterocycles. The van der Waals surface area contributed by atoms with Crippen molar-refractivity contribution in [2.24, 2.45) is 0 Å². The second-order valence-corrected chi connectivity index (χ2v) is 6.38. The Morgan fingerprint density at radius 2 is 1.50 bits per heavy atom. The van der Waals surface area contributed by atoms with Crippen LogP contribution in [0.15, 0.2) is 54.6 Å². The molecule has 1 fully saturated rings. The largest absolute Gasteiger partial charge is 0.385 e. The molecule has 3 aromatic rings. The fourth-order valence-electron chi connectivity index (χ4n) is 3.83. The lowest BCUT2D eigenvalue weighted by molar-refractivity contribution is 0.00130. The average molecular weight is 291 g/mol. The first-order valence-electron chi connectivity index (χ1n) is 8.17. The molecule has 112 valence electrons. The Morgan fingerprint density at radius 1 is 0.818 bits per heavy atom. The van der Waals surface area contributed by atoms with E-state index in [1.807, 2.05) is 12.1 Å². The summed E-state index contributed by atoms with van der Waals surface area (Å²) in [6, 6.07) is 18.7. The molecule has 2 heteroatoms. The van der Waals surface area contributed by atoms with Crippen LogP contribution < -0.4 is 0 Å². The van der Waals surface area contributed by atoms with Gasteiger partial charge in [0.2, 0.25) is 0 Å². The minimum atomic E-state index is -0.705. The number of fused-ring (bicyclic) bond motifs is 1. The molecule has 2 aromatic carbocycles. The van der Waals surface area contributed by atoms with Gasteiger partial charge in [-0.05, 0) is 24.5 Å². The minimum Gasteiger partial charge on any atom is -0.385 e. The van der Waals surface area contributed by atoms with Crippen LogP contribution >= 0.6 is 0 Å². The van der Waals surface area contributed by atoms with E-state index in [9.17, 15) is 5.11 Å². The van der Waals surface area contributed by atoms with E-state index >= 15 is 0 Å². The van der Waals surface area contributed by atoms with Gasteiger partial charge < -0.3 is 10.1 Å². The smallest absolute Gasteiger partial charge is 0.0923 e. The van der Waals surface area contributed by atoms with E-state index in [2.05, 4.69) is 47.4 Å². The van der Waals surface area contributed by atoms with Crippen molar-refractivity contribution in [1.82, 2.24) is 4.98 Å².